The van der Waals surface area contributed by atoms with E-state index in [4.69, 9.17) is 0 Å². The van der Waals surface area contributed by atoms with Crippen molar-refractivity contribution in [1.82, 2.24) is 9.88 Å². The third-order valence-electron chi connectivity index (χ3n) is 5.35. The first-order chi connectivity index (χ1) is 14.0. The maximum Gasteiger partial charge on any atom is 0.417 e. The van der Waals surface area contributed by atoms with Gasteiger partial charge in [-0.3, -0.25) is 4.90 Å². The molecule has 0 amide bonds. The van der Waals surface area contributed by atoms with Gasteiger partial charge in [0.05, 0.1) is 5.56 Å². The zero-order chi connectivity index (χ0) is 20.3. The van der Waals surface area contributed by atoms with Gasteiger partial charge < -0.3 is 9.88 Å². The number of fused-ring (bicyclic) bond motifs is 1. The molecule has 1 N–H and O–H groups in total. The van der Waals surface area contributed by atoms with Gasteiger partial charge in [0.15, 0.2) is 0 Å². The average molecular weight is 420 g/mol. The van der Waals surface area contributed by atoms with Crippen molar-refractivity contribution >= 4 is 28.4 Å². The lowest BCUT2D eigenvalue weighted by atomic mass is 10.1. The minimum atomic E-state index is -4.29. The van der Waals surface area contributed by atoms with Crippen molar-refractivity contribution in [2.45, 2.75) is 17.5 Å². The molecule has 1 aromatic heterocycles. The molecule has 154 valence electrons. The van der Waals surface area contributed by atoms with Crippen molar-refractivity contribution in [1.29, 1.82) is 0 Å². The van der Waals surface area contributed by atoms with E-state index in [0.29, 0.717) is 10.6 Å². The molecule has 0 unspecified atom stereocenters. The van der Waals surface area contributed by atoms with E-state index in [1.807, 2.05) is 6.20 Å². The summed E-state index contributed by atoms with van der Waals surface area (Å²) < 4.78 is 39.2. The van der Waals surface area contributed by atoms with Crippen LogP contribution in [0, 0.1) is 0 Å². The topological polar surface area (TPSA) is 22.3 Å². The Morgan fingerprint density at radius 3 is 2.52 bits per heavy atom. The van der Waals surface area contributed by atoms with Crippen LogP contribution in [0.4, 0.5) is 18.9 Å². The number of nitrogens with one attached hydrogen (secondary N) is 1. The van der Waals surface area contributed by atoms with Crippen LogP contribution in [0.2, 0.25) is 0 Å². The SMILES string of the molecule is FC(F)(F)c1ccccc1SCCCN1CCN(c2cccc3[nH]ccc23)CC1. The van der Waals surface area contributed by atoms with E-state index in [1.165, 1.54) is 28.9 Å². The third-order valence-corrected chi connectivity index (χ3v) is 6.51. The maximum atomic E-state index is 13.1. The first-order valence-electron chi connectivity index (χ1n) is 9.85. The molecule has 1 aliphatic heterocycles. The molecule has 0 bridgehead atoms. The zero-order valence-corrected chi connectivity index (χ0v) is 16.9. The van der Waals surface area contributed by atoms with E-state index in [-0.39, 0.29) is 0 Å². The Kier molecular flexibility index (Phi) is 6.06. The van der Waals surface area contributed by atoms with E-state index >= 15 is 0 Å². The predicted octanol–water partition coefficient (Wildman–Crippen LogP) is 5.49. The summed E-state index contributed by atoms with van der Waals surface area (Å²) in [5.74, 6) is 0.690. The quantitative estimate of drug-likeness (QED) is 0.422. The standard InChI is InChI=1S/C22H24F3N3S/c23-22(24,25)18-5-1-2-8-21(18)29-16-4-11-27-12-14-28(15-13-27)20-7-3-6-19-17(20)9-10-26-19/h1-3,5-10,26H,4,11-16H2. The van der Waals surface area contributed by atoms with Gasteiger partial charge in [-0.25, -0.2) is 0 Å². The molecule has 3 nitrogen and oxygen atoms in total. The number of piperazine rings is 1. The van der Waals surface area contributed by atoms with Gasteiger partial charge in [-0.15, -0.1) is 11.8 Å². The molecule has 0 radical (unpaired) electrons. The fourth-order valence-corrected chi connectivity index (χ4v) is 4.86. The van der Waals surface area contributed by atoms with Crippen molar-refractivity contribution in [3.8, 4) is 0 Å². The van der Waals surface area contributed by atoms with E-state index in [9.17, 15) is 13.2 Å². The predicted molar refractivity (Wildman–Crippen MR) is 114 cm³/mol. The molecule has 4 rings (SSSR count). The van der Waals surface area contributed by atoms with Gasteiger partial charge in [-0.2, -0.15) is 13.2 Å². The Labute approximate surface area is 172 Å². The molecule has 7 heteroatoms. The van der Waals surface area contributed by atoms with Gasteiger partial charge in [0.1, 0.15) is 0 Å². The Hall–Kier alpha value is -2.12. The van der Waals surface area contributed by atoms with Crippen molar-refractivity contribution in [2.24, 2.45) is 0 Å². The number of hydrogen-bond donors (Lipinski definition) is 1. The van der Waals surface area contributed by atoms with Gasteiger partial charge in [-0.05, 0) is 49.1 Å². The number of aromatic nitrogens is 1. The highest BCUT2D eigenvalue weighted by Gasteiger charge is 2.33. The summed E-state index contributed by atoms with van der Waals surface area (Å²) in [5.41, 5.74) is 1.89. The fraction of sp³-hybridized carbons (Fsp3) is 0.364. The summed E-state index contributed by atoms with van der Waals surface area (Å²) >= 11 is 1.30. The molecule has 2 aromatic carbocycles. The molecule has 0 aliphatic carbocycles. The van der Waals surface area contributed by atoms with Crippen LogP contribution in [0.5, 0.6) is 0 Å². The van der Waals surface area contributed by atoms with E-state index in [2.05, 4.69) is 39.0 Å². The molecule has 0 spiro atoms. The Bertz CT molecular complexity index is 946. The van der Waals surface area contributed by atoms with Gasteiger partial charge in [0.25, 0.3) is 0 Å². The van der Waals surface area contributed by atoms with Crippen LogP contribution >= 0.6 is 11.8 Å². The van der Waals surface area contributed by atoms with Gasteiger partial charge in [-0.1, -0.05) is 18.2 Å². The number of alkyl halides is 3. The molecular formula is C22H24F3N3S. The fourth-order valence-electron chi connectivity index (χ4n) is 3.85. The molecule has 29 heavy (non-hydrogen) atoms. The normalized spacial score (nSPS) is 15.9. The highest BCUT2D eigenvalue weighted by atomic mass is 32.2. The number of benzene rings is 2. The zero-order valence-electron chi connectivity index (χ0n) is 16.1. The van der Waals surface area contributed by atoms with Crippen molar-refractivity contribution in [3.05, 3.63) is 60.3 Å². The Morgan fingerprint density at radius 1 is 0.931 bits per heavy atom. The van der Waals surface area contributed by atoms with Crippen molar-refractivity contribution in [3.63, 3.8) is 0 Å². The summed E-state index contributed by atoms with van der Waals surface area (Å²) in [4.78, 5) is 8.41. The van der Waals surface area contributed by atoms with Crippen LogP contribution in [-0.4, -0.2) is 48.4 Å². The Balaban J connectivity index is 1.25. The number of nitrogens with zero attached hydrogens (tertiary/aromatic N) is 2. The molecule has 1 fully saturated rings. The summed E-state index contributed by atoms with van der Waals surface area (Å²) in [5, 5.41) is 1.25. The van der Waals surface area contributed by atoms with Crippen LogP contribution in [0.15, 0.2) is 59.6 Å². The second-order valence-electron chi connectivity index (χ2n) is 7.24. The van der Waals surface area contributed by atoms with Crippen molar-refractivity contribution in [2.75, 3.05) is 43.4 Å². The third kappa shape index (κ3) is 4.73. The molecule has 0 saturated carbocycles. The van der Waals surface area contributed by atoms with E-state index < -0.39 is 11.7 Å². The first-order valence-corrected chi connectivity index (χ1v) is 10.8. The lowest BCUT2D eigenvalue weighted by molar-refractivity contribution is -0.139. The number of H-pyrrole nitrogens is 1. The number of rotatable bonds is 6. The lowest BCUT2D eigenvalue weighted by Gasteiger charge is -2.36. The Morgan fingerprint density at radius 2 is 1.72 bits per heavy atom. The number of hydrogen-bond acceptors (Lipinski definition) is 3. The van der Waals surface area contributed by atoms with E-state index in [1.54, 1.807) is 12.1 Å². The lowest BCUT2D eigenvalue weighted by Crippen LogP contribution is -2.46. The monoisotopic (exact) mass is 419 g/mol. The number of aromatic amines is 1. The van der Waals surface area contributed by atoms with Gasteiger partial charge in [0, 0.05) is 53.9 Å². The van der Waals surface area contributed by atoms with Crippen molar-refractivity contribution < 1.29 is 13.2 Å². The summed E-state index contributed by atoms with van der Waals surface area (Å²) in [6.07, 6.45) is -1.44. The minimum absolute atomic E-state index is 0.324. The molecule has 1 saturated heterocycles. The maximum absolute atomic E-state index is 13.1. The second kappa shape index (κ2) is 8.71. The average Bonchev–Trinajstić information content (AvgIpc) is 3.20. The van der Waals surface area contributed by atoms with Crippen LogP contribution in [0.3, 0.4) is 0 Å². The first kappa shape index (κ1) is 20.2. The molecule has 1 aliphatic rings. The summed E-state index contributed by atoms with van der Waals surface area (Å²) in [6, 6.07) is 14.3. The van der Waals surface area contributed by atoms with Gasteiger partial charge >= 0.3 is 6.18 Å². The van der Waals surface area contributed by atoms with Crippen LogP contribution in [-0.2, 0) is 6.18 Å². The highest BCUT2D eigenvalue weighted by molar-refractivity contribution is 7.99. The van der Waals surface area contributed by atoms with Crippen LogP contribution < -0.4 is 4.90 Å². The second-order valence-corrected chi connectivity index (χ2v) is 8.38. The smallest absolute Gasteiger partial charge is 0.368 e. The number of halogens is 3. The van der Waals surface area contributed by atoms with Gasteiger partial charge in [0.2, 0.25) is 0 Å². The number of thioether (sulfide) groups is 1. The summed E-state index contributed by atoms with van der Waals surface area (Å²) in [6.45, 7) is 4.81. The number of anilines is 1. The molecular weight excluding hydrogens is 395 g/mol. The van der Waals surface area contributed by atoms with Crippen LogP contribution in [0.25, 0.3) is 10.9 Å². The molecule has 3 aromatic rings. The molecule has 0 atom stereocenters. The molecule has 2 heterocycles. The largest absolute Gasteiger partial charge is 0.417 e. The minimum Gasteiger partial charge on any atom is -0.368 e. The highest BCUT2D eigenvalue weighted by Crippen LogP contribution is 2.36. The summed E-state index contributed by atoms with van der Waals surface area (Å²) in [7, 11) is 0. The van der Waals surface area contributed by atoms with E-state index in [0.717, 1.165) is 50.7 Å². The van der Waals surface area contributed by atoms with Crippen LogP contribution in [0.1, 0.15) is 12.0 Å².